The quantitative estimate of drug-likeness (QED) is 0.702. The maximum atomic E-state index is 6.19. The van der Waals surface area contributed by atoms with E-state index in [0.29, 0.717) is 5.02 Å². The van der Waals surface area contributed by atoms with Gasteiger partial charge in [0.05, 0.1) is 10.7 Å². The van der Waals surface area contributed by atoms with Crippen molar-refractivity contribution in [3.05, 3.63) is 64.9 Å². The van der Waals surface area contributed by atoms with Crippen molar-refractivity contribution in [2.24, 2.45) is 0 Å². The molecule has 1 N–H and O–H groups in total. The molecule has 3 aromatic rings. The van der Waals surface area contributed by atoms with Crippen LogP contribution >= 0.6 is 11.6 Å². The van der Waals surface area contributed by atoms with Gasteiger partial charge in [-0.25, -0.2) is 4.98 Å². The molecule has 23 heavy (non-hydrogen) atoms. The van der Waals surface area contributed by atoms with Gasteiger partial charge in [0.1, 0.15) is 11.5 Å². The third kappa shape index (κ3) is 3.35. The summed E-state index contributed by atoms with van der Waals surface area (Å²) in [5.41, 5.74) is 3.12. The molecule has 0 fully saturated rings. The molecule has 3 rings (SSSR count). The van der Waals surface area contributed by atoms with Crippen LogP contribution in [-0.2, 0) is 0 Å². The highest BCUT2D eigenvalue weighted by atomic mass is 35.5. The minimum atomic E-state index is -0.0660. The number of halogens is 1. The molecule has 0 aliphatic carbocycles. The van der Waals surface area contributed by atoms with Gasteiger partial charge < -0.3 is 5.32 Å². The fraction of sp³-hybridized carbons (Fsp3) is 0.316. The van der Waals surface area contributed by atoms with Crippen LogP contribution in [0.5, 0.6) is 0 Å². The number of anilines is 1. The fourth-order valence-electron chi connectivity index (χ4n) is 2.72. The Kier molecular flexibility index (Phi) is 4.07. The molecule has 2 heterocycles. The normalized spacial score (nSPS) is 13.3. The summed E-state index contributed by atoms with van der Waals surface area (Å²) >= 11 is 6.19. The zero-order valence-corrected chi connectivity index (χ0v) is 14.7. The minimum absolute atomic E-state index is 0.0660. The molecule has 4 heteroatoms. The molecule has 120 valence electrons. The van der Waals surface area contributed by atoms with Gasteiger partial charge in [0.2, 0.25) is 0 Å². The molecule has 3 nitrogen and oxygen atoms in total. The van der Waals surface area contributed by atoms with E-state index < -0.39 is 0 Å². The summed E-state index contributed by atoms with van der Waals surface area (Å²) in [6, 6.07) is 14.3. The zero-order valence-electron chi connectivity index (χ0n) is 14.0. The molecule has 0 bridgehead atoms. The fourth-order valence-corrected chi connectivity index (χ4v) is 2.88. The van der Waals surface area contributed by atoms with Crippen LogP contribution in [0.25, 0.3) is 5.65 Å². The standard InChI is InChI=1S/C19H22ClN3/c1-13(14-8-6-5-7-9-14)17-18(22-19(2,3)4)23-12-15(20)10-11-16(23)21-17/h5-13,22H,1-4H3/t13-/m1/s1. The van der Waals surface area contributed by atoms with E-state index >= 15 is 0 Å². The van der Waals surface area contributed by atoms with Crippen molar-refractivity contribution in [1.29, 1.82) is 0 Å². The van der Waals surface area contributed by atoms with Gasteiger partial charge in [-0.1, -0.05) is 48.9 Å². The first-order chi connectivity index (χ1) is 10.8. The Morgan fingerprint density at radius 1 is 1.09 bits per heavy atom. The van der Waals surface area contributed by atoms with Gasteiger partial charge in [0.25, 0.3) is 0 Å². The molecule has 0 unspecified atom stereocenters. The molecule has 1 aromatic carbocycles. The third-order valence-electron chi connectivity index (χ3n) is 3.81. The second kappa shape index (κ2) is 5.89. The van der Waals surface area contributed by atoms with Crippen LogP contribution in [0.1, 0.15) is 44.9 Å². The maximum absolute atomic E-state index is 6.19. The van der Waals surface area contributed by atoms with Crippen molar-refractivity contribution in [2.75, 3.05) is 5.32 Å². The number of nitrogens with zero attached hydrogens (tertiary/aromatic N) is 2. The molecule has 0 amide bonds. The highest BCUT2D eigenvalue weighted by molar-refractivity contribution is 6.30. The van der Waals surface area contributed by atoms with Gasteiger partial charge in [0.15, 0.2) is 0 Å². The van der Waals surface area contributed by atoms with Crippen LogP contribution in [0.3, 0.4) is 0 Å². The van der Waals surface area contributed by atoms with E-state index in [1.165, 1.54) is 5.56 Å². The number of rotatable bonds is 3. The summed E-state index contributed by atoms with van der Waals surface area (Å²) in [5, 5.41) is 4.29. The summed E-state index contributed by atoms with van der Waals surface area (Å²) in [4.78, 5) is 4.86. The van der Waals surface area contributed by atoms with Crippen LogP contribution in [0.2, 0.25) is 5.02 Å². The Morgan fingerprint density at radius 3 is 2.43 bits per heavy atom. The smallest absolute Gasteiger partial charge is 0.138 e. The average Bonchev–Trinajstić information content (AvgIpc) is 2.84. The summed E-state index contributed by atoms with van der Waals surface area (Å²) < 4.78 is 2.04. The van der Waals surface area contributed by atoms with Gasteiger partial charge in [-0.3, -0.25) is 4.40 Å². The zero-order chi connectivity index (χ0) is 16.6. The van der Waals surface area contributed by atoms with Crippen LogP contribution in [0.15, 0.2) is 48.7 Å². The first-order valence-corrected chi connectivity index (χ1v) is 8.23. The number of hydrogen-bond donors (Lipinski definition) is 1. The lowest BCUT2D eigenvalue weighted by Crippen LogP contribution is -2.27. The molecule has 2 aromatic heterocycles. The summed E-state index contributed by atoms with van der Waals surface area (Å²) in [5.74, 6) is 1.20. The lowest BCUT2D eigenvalue weighted by molar-refractivity contribution is 0.626. The maximum Gasteiger partial charge on any atom is 0.138 e. The van der Waals surface area contributed by atoms with Crippen LogP contribution < -0.4 is 5.32 Å². The molecule has 0 saturated carbocycles. The first-order valence-electron chi connectivity index (χ1n) is 7.86. The molecular weight excluding hydrogens is 306 g/mol. The minimum Gasteiger partial charge on any atom is -0.365 e. The van der Waals surface area contributed by atoms with E-state index in [9.17, 15) is 0 Å². The monoisotopic (exact) mass is 327 g/mol. The largest absolute Gasteiger partial charge is 0.365 e. The number of benzene rings is 1. The third-order valence-corrected chi connectivity index (χ3v) is 4.04. The Bertz CT molecular complexity index is 816. The van der Waals surface area contributed by atoms with Crippen molar-refractivity contribution >= 4 is 23.1 Å². The SMILES string of the molecule is C[C@H](c1ccccc1)c1nc2ccc(Cl)cn2c1NC(C)(C)C. The Hall–Kier alpha value is -2.00. The molecule has 0 aliphatic heterocycles. The summed E-state index contributed by atoms with van der Waals surface area (Å²) in [6.45, 7) is 8.63. The average molecular weight is 328 g/mol. The van der Waals surface area contributed by atoms with E-state index in [0.717, 1.165) is 17.2 Å². The van der Waals surface area contributed by atoms with Gasteiger partial charge in [-0.15, -0.1) is 0 Å². The van der Waals surface area contributed by atoms with Crippen molar-refractivity contribution in [2.45, 2.75) is 39.2 Å². The van der Waals surface area contributed by atoms with Crippen molar-refractivity contribution < 1.29 is 0 Å². The van der Waals surface area contributed by atoms with E-state index in [1.807, 2.05) is 28.8 Å². The predicted molar refractivity (Wildman–Crippen MR) is 97.5 cm³/mol. The molecule has 0 spiro atoms. The lowest BCUT2D eigenvalue weighted by atomic mass is 9.97. The number of aromatic nitrogens is 2. The Balaban J connectivity index is 2.17. The highest BCUT2D eigenvalue weighted by Gasteiger charge is 2.22. The van der Waals surface area contributed by atoms with Gasteiger partial charge >= 0.3 is 0 Å². The Labute approximate surface area is 142 Å². The van der Waals surface area contributed by atoms with E-state index in [-0.39, 0.29) is 11.5 Å². The second-order valence-corrected chi connectivity index (χ2v) is 7.36. The Morgan fingerprint density at radius 2 is 1.78 bits per heavy atom. The van der Waals surface area contributed by atoms with Crippen molar-refractivity contribution in [3.63, 3.8) is 0 Å². The molecule has 0 radical (unpaired) electrons. The molecular formula is C19H22ClN3. The predicted octanol–water partition coefficient (Wildman–Crippen LogP) is 5.35. The van der Waals surface area contributed by atoms with Crippen molar-refractivity contribution in [1.82, 2.24) is 9.38 Å². The molecule has 1 atom stereocenters. The van der Waals surface area contributed by atoms with E-state index in [2.05, 4.69) is 57.3 Å². The summed E-state index contributed by atoms with van der Waals surface area (Å²) in [7, 11) is 0. The molecule has 0 aliphatic rings. The number of nitrogens with one attached hydrogen (secondary N) is 1. The second-order valence-electron chi connectivity index (χ2n) is 6.93. The van der Waals surface area contributed by atoms with Crippen LogP contribution in [0.4, 0.5) is 5.82 Å². The topological polar surface area (TPSA) is 29.3 Å². The van der Waals surface area contributed by atoms with Gasteiger partial charge in [-0.05, 0) is 38.5 Å². The van der Waals surface area contributed by atoms with Gasteiger partial charge in [0, 0.05) is 17.7 Å². The first kappa shape index (κ1) is 15.9. The molecule has 0 saturated heterocycles. The van der Waals surface area contributed by atoms with Gasteiger partial charge in [-0.2, -0.15) is 0 Å². The number of hydrogen-bond acceptors (Lipinski definition) is 2. The number of imidazole rings is 1. The van der Waals surface area contributed by atoms with Crippen LogP contribution in [0, 0.1) is 0 Å². The van der Waals surface area contributed by atoms with E-state index in [1.54, 1.807) is 0 Å². The number of fused-ring (bicyclic) bond motifs is 1. The van der Waals surface area contributed by atoms with E-state index in [4.69, 9.17) is 16.6 Å². The highest BCUT2D eigenvalue weighted by Crippen LogP contribution is 2.32. The lowest BCUT2D eigenvalue weighted by Gasteiger charge is -2.24. The summed E-state index contributed by atoms with van der Waals surface area (Å²) in [6.07, 6.45) is 1.92. The number of pyridine rings is 1. The van der Waals surface area contributed by atoms with Crippen molar-refractivity contribution in [3.8, 4) is 0 Å². The van der Waals surface area contributed by atoms with Crippen LogP contribution in [-0.4, -0.2) is 14.9 Å².